The van der Waals surface area contributed by atoms with Crippen LogP contribution >= 0.6 is 0 Å². The average Bonchev–Trinajstić information content (AvgIpc) is 2.89. The van der Waals surface area contributed by atoms with E-state index in [-0.39, 0.29) is 18.4 Å². The third kappa shape index (κ3) is 8.08. The van der Waals surface area contributed by atoms with Crippen LogP contribution < -0.4 is 16.0 Å². The number of carbonyl (C=O) groups excluding carboxylic acids is 2. The Hall–Kier alpha value is -3.97. The zero-order chi connectivity index (χ0) is 24.3. The molecule has 0 atom stereocenters. The lowest BCUT2D eigenvalue weighted by Crippen LogP contribution is -2.35. The second kappa shape index (κ2) is 12.5. The minimum Gasteiger partial charge on any atom is -0.381 e. The molecule has 4 rings (SSSR count). The summed E-state index contributed by atoms with van der Waals surface area (Å²) in [6.45, 7) is 2.22. The molecule has 0 aliphatic carbocycles. The predicted octanol–water partition coefficient (Wildman–Crippen LogP) is 4.98. The number of nitrogens with one attached hydrogen (secondary N) is 3. The summed E-state index contributed by atoms with van der Waals surface area (Å²) in [6, 6.07) is 20.7. The summed E-state index contributed by atoms with van der Waals surface area (Å²) in [6.07, 6.45) is 7.91. The number of ether oxygens (including phenoxy) is 1. The molecule has 1 aliphatic rings. The molecule has 180 valence electrons. The smallest absolute Gasteiger partial charge is 0.319 e. The first-order valence-corrected chi connectivity index (χ1v) is 11.8. The minimum atomic E-state index is -0.188. The van der Waals surface area contributed by atoms with E-state index >= 15 is 0 Å². The van der Waals surface area contributed by atoms with Crippen LogP contribution in [0.25, 0.3) is 12.2 Å². The molecule has 2 heterocycles. The maximum absolute atomic E-state index is 12.2. The third-order valence-electron chi connectivity index (χ3n) is 5.79. The van der Waals surface area contributed by atoms with E-state index in [2.05, 4.69) is 20.9 Å². The number of nitrogens with zero attached hydrogens (tertiary/aromatic N) is 1. The van der Waals surface area contributed by atoms with Gasteiger partial charge in [0.15, 0.2) is 0 Å². The van der Waals surface area contributed by atoms with E-state index in [1.165, 1.54) is 0 Å². The molecule has 0 unspecified atom stereocenters. The summed E-state index contributed by atoms with van der Waals surface area (Å²) >= 11 is 0. The molecule has 0 spiro atoms. The third-order valence-corrected chi connectivity index (χ3v) is 5.79. The maximum atomic E-state index is 12.2. The molecular weight excluding hydrogens is 440 g/mol. The second-order valence-electron chi connectivity index (χ2n) is 8.51. The molecule has 3 amide bonds. The fourth-order valence-electron chi connectivity index (χ4n) is 3.78. The van der Waals surface area contributed by atoms with Crippen LogP contribution in [0.1, 0.15) is 29.7 Å². The number of rotatable bonds is 8. The van der Waals surface area contributed by atoms with Crippen molar-refractivity contribution in [2.24, 2.45) is 5.92 Å². The molecule has 7 nitrogen and oxygen atoms in total. The summed E-state index contributed by atoms with van der Waals surface area (Å²) in [5.41, 5.74) is 4.26. The molecule has 35 heavy (non-hydrogen) atoms. The fourth-order valence-corrected chi connectivity index (χ4v) is 3.78. The van der Waals surface area contributed by atoms with E-state index in [1.54, 1.807) is 6.20 Å². The largest absolute Gasteiger partial charge is 0.381 e. The Kier molecular flexibility index (Phi) is 8.62. The Bertz CT molecular complexity index is 1120. The maximum Gasteiger partial charge on any atom is 0.319 e. The number of benzene rings is 2. The average molecular weight is 471 g/mol. The van der Waals surface area contributed by atoms with Crippen molar-refractivity contribution in [3.63, 3.8) is 0 Å². The van der Waals surface area contributed by atoms with Gasteiger partial charge in [-0.2, -0.15) is 0 Å². The van der Waals surface area contributed by atoms with Gasteiger partial charge < -0.3 is 20.7 Å². The number of aromatic nitrogens is 1. The summed E-state index contributed by atoms with van der Waals surface area (Å²) in [5, 5.41) is 8.71. The Morgan fingerprint density at radius 3 is 2.09 bits per heavy atom. The van der Waals surface area contributed by atoms with Crippen LogP contribution in [0.2, 0.25) is 0 Å². The minimum absolute atomic E-state index is 0.0991. The van der Waals surface area contributed by atoms with Gasteiger partial charge in [0, 0.05) is 43.0 Å². The van der Waals surface area contributed by atoms with E-state index in [0.29, 0.717) is 12.5 Å². The number of anilines is 2. The molecule has 1 fully saturated rings. The summed E-state index contributed by atoms with van der Waals surface area (Å²) in [7, 11) is 0. The van der Waals surface area contributed by atoms with Crippen molar-refractivity contribution in [1.29, 1.82) is 0 Å². The van der Waals surface area contributed by atoms with Gasteiger partial charge in [0.05, 0.1) is 6.42 Å². The van der Waals surface area contributed by atoms with Crippen molar-refractivity contribution >= 4 is 35.5 Å². The molecule has 1 aromatic heterocycles. The van der Waals surface area contributed by atoms with Crippen molar-refractivity contribution in [3.05, 3.63) is 89.7 Å². The van der Waals surface area contributed by atoms with Gasteiger partial charge in [0.2, 0.25) is 5.91 Å². The zero-order valence-corrected chi connectivity index (χ0v) is 19.6. The van der Waals surface area contributed by atoms with Crippen LogP contribution in [0.3, 0.4) is 0 Å². The summed E-state index contributed by atoms with van der Waals surface area (Å²) in [4.78, 5) is 28.5. The fraction of sp³-hybridized carbons (Fsp3) is 0.250. The topological polar surface area (TPSA) is 92.4 Å². The zero-order valence-electron chi connectivity index (χ0n) is 19.6. The Morgan fingerprint density at radius 2 is 1.49 bits per heavy atom. The Balaban J connectivity index is 1.22. The molecule has 0 radical (unpaired) electrons. The van der Waals surface area contributed by atoms with Crippen LogP contribution in [-0.2, 0) is 16.0 Å². The quantitative estimate of drug-likeness (QED) is 0.405. The van der Waals surface area contributed by atoms with Crippen LogP contribution in [0, 0.1) is 5.92 Å². The van der Waals surface area contributed by atoms with Crippen molar-refractivity contribution in [1.82, 2.24) is 10.3 Å². The first kappa shape index (κ1) is 24.2. The lowest BCUT2D eigenvalue weighted by atomic mass is 10.0. The van der Waals surface area contributed by atoms with E-state index in [1.807, 2.05) is 78.9 Å². The van der Waals surface area contributed by atoms with Gasteiger partial charge in [-0.25, -0.2) is 4.79 Å². The van der Waals surface area contributed by atoms with E-state index in [0.717, 1.165) is 54.3 Å². The van der Waals surface area contributed by atoms with Gasteiger partial charge in [0.25, 0.3) is 0 Å². The van der Waals surface area contributed by atoms with Gasteiger partial charge >= 0.3 is 6.03 Å². The second-order valence-corrected chi connectivity index (χ2v) is 8.51. The summed E-state index contributed by atoms with van der Waals surface area (Å²) in [5.74, 6) is 0.386. The van der Waals surface area contributed by atoms with Gasteiger partial charge in [-0.3, -0.25) is 9.78 Å². The predicted molar refractivity (Wildman–Crippen MR) is 139 cm³/mol. The lowest BCUT2D eigenvalue weighted by molar-refractivity contribution is -0.115. The number of carbonyl (C=O) groups is 2. The highest BCUT2D eigenvalue weighted by Crippen LogP contribution is 2.16. The first-order valence-electron chi connectivity index (χ1n) is 11.8. The molecule has 0 saturated carbocycles. The first-order chi connectivity index (χ1) is 17.1. The van der Waals surface area contributed by atoms with Gasteiger partial charge in [0.1, 0.15) is 0 Å². The van der Waals surface area contributed by atoms with Crippen molar-refractivity contribution in [2.75, 3.05) is 30.4 Å². The molecule has 7 heteroatoms. The van der Waals surface area contributed by atoms with Gasteiger partial charge in [-0.1, -0.05) is 42.5 Å². The Morgan fingerprint density at radius 1 is 0.857 bits per heavy atom. The molecule has 1 aliphatic heterocycles. The SMILES string of the molecule is O=C(Cc1ccccn1)Nc1ccc(/C=C/c2ccc(NC(=O)NCC3CCOCC3)cc2)cc1. The molecule has 3 N–H and O–H groups in total. The number of urea groups is 1. The molecular formula is C28H30N4O3. The van der Waals surface area contributed by atoms with Crippen LogP contribution in [0.5, 0.6) is 0 Å². The molecule has 3 aromatic rings. The van der Waals surface area contributed by atoms with Crippen LogP contribution in [-0.4, -0.2) is 36.7 Å². The van der Waals surface area contributed by atoms with Gasteiger partial charge in [-0.15, -0.1) is 0 Å². The number of amides is 3. The van der Waals surface area contributed by atoms with Gasteiger partial charge in [-0.05, 0) is 66.3 Å². The lowest BCUT2D eigenvalue weighted by Gasteiger charge is -2.22. The normalized spacial score (nSPS) is 13.9. The van der Waals surface area contributed by atoms with Crippen molar-refractivity contribution in [2.45, 2.75) is 19.3 Å². The molecule has 1 saturated heterocycles. The number of hydrogen-bond acceptors (Lipinski definition) is 4. The standard InChI is InChI=1S/C28H30N4O3/c33-27(19-26-3-1-2-16-29-26)31-24-10-6-21(7-11-24)4-5-22-8-12-25(13-9-22)32-28(34)30-20-23-14-17-35-18-15-23/h1-13,16,23H,14-15,17-20H2,(H,31,33)(H2,30,32,34)/b5-4+. The van der Waals surface area contributed by atoms with Crippen molar-refractivity contribution < 1.29 is 14.3 Å². The summed E-state index contributed by atoms with van der Waals surface area (Å²) < 4.78 is 5.35. The van der Waals surface area contributed by atoms with Crippen LogP contribution in [0.4, 0.5) is 16.2 Å². The number of pyridine rings is 1. The van der Waals surface area contributed by atoms with E-state index in [4.69, 9.17) is 4.74 Å². The van der Waals surface area contributed by atoms with E-state index in [9.17, 15) is 9.59 Å². The highest BCUT2D eigenvalue weighted by atomic mass is 16.5. The Labute approximate surface area is 205 Å². The van der Waals surface area contributed by atoms with E-state index < -0.39 is 0 Å². The monoisotopic (exact) mass is 470 g/mol. The molecule has 0 bridgehead atoms. The number of hydrogen-bond donors (Lipinski definition) is 3. The highest BCUT2D eigenvalue weighted by molar-refractivity contribution is 5.92. The van der Waals surface area contributed by atoms with Crippen molar-refractivity contribution in [3.8, 4) is 0 Å². The van der Waals surface area contributed by atoms with Crippen LogP contribution in [0.15, 0.2) is 72.9 Å². The molecule has 2 aromatic carbocycles. The highest BCUT2D eigenvalue weighted by Gasteiger charge is 2.14.